The Balaban J connectivity index is 1.64. The van der Waals surface area contributed by atoms with Crippen LogP contribution in [-0.2, 0) is 22.9 Å². The number of nitrogens with zero attached hydrogens (tertiary/aromatic N) is 2. The summed E-state index contributed by atoms with van der Waals surface area (Å²) in [5, 5.41) is 11.5. The molecule has 162 valence electrons. The lowest BCUT2D eigenvalue weighted by Crippen LogP contribution is -2.29. The second kappa shape index (κ2) is 8.73. The Morgan fingerprint density at radius 1 is 1.12 bits per heavy atom. The predicted molar refractivity (Wildman–Crippen MR) is 121 cm³/mol. The zero-order valence-electron chi connectivity index (χ0n) is 17.4. The first-order valence-electron chi connectivity index (χ1n) is 10.00. The van der Waals surface area contributed by atoms with Crippen LogP contribution in [0, 0.1) is 11.3 Å². The van der Waals surface area contributed by atoms with E-state index < -0.39 is 15.9 Å². The average Bonchev–Trinajstić information content (AvgIpc) is 3.25. The fourth-order valence-corrected chi connectivity index (χ4v) is 5.24. The zero-order valence-corrected chi connectivity index (χ0v) is 18.2. The van der Waals surface area contributed by atoms with Gasteiger partial charge in [-0.25, -0.2) is 8.42 Å². The second-order valence-electron chi connectivity index (χ2n) is 7.30. The van der Waals surface area contributed by atoms with Crippen LogP contribution < -0.4 is 14.4 Å². The number of hydrogen-bond acceptors (Lipinski definition) is 5. The van der Waals surface area contributed by atoms with Crippen molar-refractivity contribution in [2.75, 3.05) is 23.3 Å². The summed E-state index contributed by atoms with van der Waals surface area (Å²) in [7, 11) is -2.43. The van der Waals surface area contributed by atoms with Crippen LogP contribution in [0.25, 0.3) is 0 Å². The van der Waals surface area contributed by atoms with Crippen molar-refractivity contribution in [3.05, 3.63) is 83.4 Å². The van der Waals surface area contributed by atoms with Crippen molar-refractivity contribution in [2.45, 2.75) is 17.7 Å². The lowest BCUT2D eigenvalue weighted by molar-refractivity contribution is 0.102. The van der Waals surface area contributed by atoms with Crippen LogP contribution in [0.1, 0.15) is 21.5 Å². The Morgan fingerprint density at radius 3 is 2.59 bits per heavy atom. The molecule has 0 aliphatic carbocycles. The number of rotatable bonds is 6. The Bertz CT molecular complexity index is 1310. The average molecular weight is 448 g/mol. The molecule has 0 atom stereocenters. The summed E-state index contributed by atoms with van der Waals surface area (Å²) in [6.45, 7) is 0.351. The number of anilines is 2. The minimum Gasteiger partial charge on any atom is -0.496 e. The third kappa shape index (κ3) is 4.03. The number of sulfonamides is 1. The monoisotopic (exact) mass is 447 g/mol. The van der Waals surface area contributed by atoms with Crippen molar-refractivity contribution in [3.63, 3.8) is 0 Å². The summed E-state index contributed by atoms with van der Waals surface area (Å²) < 4.78 is 33.4. The Morgan fingerprint density at radius 2 is 1.88 bits per heavy atom. The molecule has 0 saturated carbocycles. The number of fused-ring (bicyclic) bond motifs is 1. The van der Waals surface area contributed by atoms with Crippen molar-refractivity contribution in [2.24, 2.45) is 0 Å². The molecule has 4 rings (SSSR count). The molecule has 1 amide bonds. The van der Waals surface area contributed by atoms with Gasteiger partial charge in [-0.1, -0.05) is 30.3 Å². The minimum absolute atomic E-state index is 0.0181. The van der Waals surface area contributed by atoms with Crippen LogP contribution in [0.3, 0.4) is 0 Å². The number of ether oxygens (including phenoxy) is 1. The lowest BCUT2D eigenvalue weighted by Gasteiger charge is -2.20. The van der Waals surface area contributed by atoms with Gasteiger partial charge in [0.2, 0.25) is 0 Å². The number of nitrogens with one attached hydrogen (secondary N) is 1. The molecule has 0 bridgehead atoms. The van der Waals surface area contributed by atoms with E-state index in [-0.39, 0.29) is 22.6 Å². The van der Waals surface area contributed by atoms with Gasteiger partial charge in [0.05, 0.1) is 35.7 Å². The maximum absolute atomic E-state index is 13.4. The largest absolute Gasteiger partial charge is 0.496 e. The molecule has 1 aliphatic rings. The Hall–Kier alpha value is -3.83. The van der Waals surface area contributed by atoms with Crippen molar-refractivity contribution in [1.29, 1.82) is 5.26 Å². The molecule has 32 heavy (non-hydrogen) atoms. The summed E-state index contributed by atoms with van der Waals surface area (Å²) in [4.78, 5) is 13.0. The Labute approximate surface area is 186 Å². The van der Waals surface area contributed by atoms with Crippen LogP contribution in [0.5, 0.6) is 5.75 Å². The molecule has 7 nitrogen and oxygen atoms in total. The fourth-order valence-electron chi connectivity index (χ4n) is 3.71. The van der Waals surface area contributed by atoms with Gasteiger partial charge in [0, 0.05) is 12.2 Å². The van der Waals surface area contributed by atoms with E-state index in [1.165, 1.54) is 29.6 Å². The molecule has 3 aromatic carbocycles. The highest BCUT2D eigenvalue weighted by atomic mass is 32.2. The van der Waals surface area contributed by atoms with Crippen molar-refractivity contribution >= 4 is 27.3 Å². The van der Waals surface area contributed by atoms with Crippen LogP contribution in [0.15, 0.2) is 71.6 Å². The van der Waals surface area contributed by atoms with Crippen LogP contribution in [0.2, 0.25) is 0 Å². The van der Waals surface area contributed by atoms with Crippen LogP contribution >= 0.6 is 0 Å². The third-order valence-electron chi connectivity index (χ3n) is 5.34. The normalized spacial score (nSPS) is 12.7. The highest BCUT2D eigenvalue weighted by Crippen LogP contribution is 2.34. The molecule has 1 aliphatic heterocycles. The number of benzene rings is 3. The molecule has 0 unspecified atom stereocenters. The molecule has 8 heteroatoms. The maximum atomic E-state index is 13.4. The van der Waals surface area contributed by atoms with E-state index in [0.717, 1.165) is 11.1 Å². The zero-order chi connectivity index (χ0) is 22.7. The highest BCUT2D eigenvalue weighted by Gasteiger charge is 2.31. The predicted octanol–water partition coefficient (Wildman–Crippen LogP) is 3.76. The van der Waals surface area contributed by atoms with E-state index in [1.54, 1.807) is 30.3 Å². The first-order chi connectivity index (χ1) is 15.4. The summed E-state index contributed by atoms with van der Waals surface area (Å²) in [5.74, 6) is -0.224. The standard InChI is InChI=1S/C24H21N3O4S/c1-31-23-11-10-20(32(29,30)27-15-13-18-4-2-3-5-22(18)27)16-21(23)24(28)26-19-8-6-17(7-9-19)12-14-25/h2-11,16H,12-13,15H2,1H3,(H,26,28). The molecule has 0 aromatic heterocycles. The van der Waals surface area contributed by atoms with Gasteiger partial charge in [0.15, 0.2) is 0 Å². The molecule has 3 aromatic rings. The van der Waals surface area contributed by atoms with E-state index in [0.29, 0.717) is 24.3 Å². The lowest BCUT2D eigenvalue weighted by atomic mass is 10.1. The Kier molecular flexibility index (Phi) is 5.84. The number of nitriles is 1. The topological polar surface area (TPSA) is 99.5 Å². The summed E-state index contributed by atoms with van der Waals surface area (Å²) >= 11 is 0. The smallest absolute Gasteiger partial charge is 0.264 e. The molecule has 1 N–H and O–H groups in total. The van der Waals surface area contributed by atoms with Gasteiger partial charge in [0.25, 0.3) is 15.9 Å². The third-order valence-corrected chi connectivity index (χ3v) is 7.15. The molecule has 0 fully saturated rings. The van der Waals surface area contributed by atoms with E-state index >= 15 is 0 Å². The number of hydrogen-bond donors (Lipinski definition) is 1. The van der Waals surface area contributed by atoms with Gasteiger partial charge in [-0.3, -0.25) is 9.10 Å². The van der Waals surface area contributed by atoms with E-state index in [4.69, 9.17) is 10.00 Å². The van der Waals surface area contributed by atoms with E-state index in [2.05, 4.69) is 11.4 Å². The van der Waals surface area contributed by atoms with Gasteiger partial charge in [0.1, 0.15) is 5.75 Å². The quantitative estimate of drug-likeness (QED) is 0.620. The number of methoxy groups -OCH3 is 1. The first-order valence-corrected chi connectivity index (χ1v) is 11.4. The summed E-state index contributed by atoms with van der Waals surface area (Å²) in [6.07, 6.45) is 0.919. The van der Waals surface area contributed by atoms with Gasteiger partial charge in [-0.05, 0) is 53.9 Å². The van der Waals surface area contributed by atoms with Crippen LogP contribution in [-0.4, -0.2) is 28.0 Å². The van der Waals surface area contributed by atoms with Crippen molar-refractivity contribution in [3.8, 4) is 11.8 Å². The van der Waals surface area contributed by atoms with E-state index in [9.17, 15) is 13.2 Å². The molecule has 1 heterocycles. The number of para-hydroxylation sites is 1. The molecule has 0 radical (unpaired) electrons. The van der Waals surface area contributed by atoms with E-state index in [1.807, 2.05) is 18.2 Å². The first kappa shape index (κ1) is 21.4. The molecule has 0 spiro atoms. The van der Waals surface area contributed by atoms with Gasteiger partial charge >= 0.3 is 0 Å². The van der Waals surface area contributed by atoms with Crippen LogP contribution in [0.4, 0.5) is 11.4 Å². The SMILES string of the molecule is COc1ccc(S(=O)(=O)N2CCc3ccccc32)cc1C(=O)Nc1ccc(CC#N)cc1. The maximum Gasteiger partial charge on any atom is 0.264 e. The second-order valence-corrected chi connectivity index (χ2v) is 9.17. The molecule has 0 saturated heterocycles. The highest BCUT2D eigenvalue weighted by molar-refractivity contribution is 7.92. The molecular formula is C24H21N3O4S. The van der Waals surface area contributed by atoms with Crippen molar-refractivity contribution in [1.82, 2.24) is 0 Å². The molecular weight excluding hydrogens is 426 g/mol. The van der Waals surface area contributed by atoms with Gasteiger partial charge in [-0.2, -0.15) is 5.26 Å². The fraction of sp³-hybridized carbons (Fsp3) is 0.167. The summed E-state index contributed by atoms with van der Waals surface area (Å²) in [5.41, 5.74) is 3.11. The number of carbonyl (C=O) groups excluding carboxylic acids is 1. The number of carbonyl (C=O) groups is 1. The van der Waals surface area contributed by atoms with Crippen molar-refractivity contribution < 1.29 is 17.9 Å². The van der Waals surface area contributed by atoms with Gasteiger partial charge < -0.3 is 10.1 Å². The van der Waals surface area contributed by atoms with Gasteiger partial charge in [-0.15, -0.1) is 0 Å². The number of amides is 1. The minimum atomic E-state index is -3.85. The summed E-state index contributed by atoms with van der Waals surface area (Å²) in [6, 6.07) is 20.6.